The number of nitrogens with zero attached hydrogens (tertiary/aromatic N) is 4. The summed E-state index contributed by atoms with van der Waals surface area (Å²) >= 11 is 0. The highest BCUT2D eigenvalue weighted by Gasteiger charge is 2.24. The molecule has 0 spiro atoms. The van der Waals surface area contributed by atoms with Crippen LogP contribution in [0.5, 0.6) is 0 Å². The van der Waals surface area contributed by atoms with Crippen LogP contribution in [0.1, 0.15) is 55.2 Å². The van der Waals surface area contributed by atoms with Crippen LogP contribution in [0.15, 0.2) is 59.7 Å². The van der Waals surface area contributed by atoms with Gasteiger partial charge in [0.05, 0.1) is 5.69 Å². The highest BCUT2D eigenvalue weighted by molar-refractivity contribution is 5.59. The fraction of sp³-hybridized carbons (Fsp3) is 0.423. The van der Waals surface area contributed by atoms with Crippen molar-refractivity contribution in [2.45, 2.75) is 44.1 Å². The van der Waals surface area contributed by atoms with Gasteiger partial charge in [-0.3, -0.25) is 14.3 Å². The predicted molar refractivity (Wildman–Crippen MR) is 128 cm³/mol. The SMILES string of the molecule is Cn1c(N2CCN[C@@H](c3ccc(C4CCCCC4)cc3)C2)nc(-c2ccncc2)cc1=O. The van der Waals surface area contributed by atoms with E-state index in [1.807, 2.05) is 12.1 Å². The molecule has 166 valence electrons. The van der Waals surface area contributed by atoms with Crippen LogP contribution in [0.4, 0.5) is 5.95 Å². The van der Waals surface area contributed by atoms with E-state index in [0.29, 0.717) is 5.69 Å². The van der Waals surface area contributed by atoms with Crippen LogP contribution in [-0.2, 0) is 7.05 Å². The lowest BCUT2D eigenvalue weighted by molar-refractivity contribution is 0.442. The maximum Gasteiger partial charge on any atom is 0.255 e. The third kappa shape index (κ3) is 4.32. The largest absolute Gasteiger partial charge is 0.339 e. The minimum atomic E-state index is -0.0475. The Morgan fingerprint density at radius 1 is 0.969 bits per heavy atom. The van der Waals surface area contributed by atoms with Crippen molar-refractivity contribution in [3.05, 3.63) is 76.3 Å². The zero-order chi connectivity index (χ0) is 21.9. The molecule has 2 aliphatic rings. The van der Waals surface area contributed by atoms with Gasteiger partial charge in [-0.2, -0.15) is 0 Å². The molecule has 2 fully saturated rings. The lowest BCUT2D eigenvalue weighted by atomic mass is 9.83. The third-order valence-electron chi connectivity index (χ3n) is 6.96. The van der Waals surface area contributed by atoms with Crippen molar-refractivity contribution >= 4 is 5.95 Å². The van der Waals surface area contributed by atoms with Crippen molar-refractivity contribution < 1.29 is 0 Å². The first-order chi connectivity index (χ1) is 15.7. The molecule has 3 heterocycles. The Hall–Kier alpha value is -2.99. The van der Waals surface area contributed by atoms with Gasteiger partial charge in [-0.05, 0) is 42.0 Å². The molecule has 0 amide bonds. The van der Waals surface area contributed by atoms with Gasteiger partial charge in [0, 0.05) is 56.7 Å². The Kier molecular flexibility index (Phi) is 6.04. The number of nitrogens with one attached hydrogen (secondary N) is 1. The van der Waals surface area contributed by atoms with Gasteiger partial charge in [-0.15, -0.1) is 0 Å². The van der Waals surface area contributed by atoms with E-state index in [4.69, 9.17) is 4.98 Å². The highest BCUT2D eigenvalue weighted by atomic mass is 16.1. The molecule has 1 aliphatic heterocycles. The Morgan fingerprint density at radius 3 is 2.44 bits per heavy atom. The molecule has 1 saturated heterocycles. The molecule has 3 aromatic rings. The molecule has 1 N–H and O–H groups in total. The summed E-state index contributed by atoms with van der Waals surface area (Å²) in [5.74, 6) is 1.44. The molecule has 5 rings (SSSR count). The number of benzene rings is 1. The number of hydrogen-bond donors (Lipinski definition) is 1. The summed E-state index contributed by atoms with van der Waals surface area (Å²) in [5.41, 5.74) is 4.33. The summed E-state index contributed by atoms with van der Waals surface area (Å²) < 4.78 is 1.65. The van der Waals surface area contributed by atoms with Crippen molar-refractivity contribution in [2.75, 3.05) is 24.5 Å². The standard InChI is InChI=1S/C26H31N5O/c1-30-25(32)17-23(22-11-13-27-14-12-22)29-26(30)31-16-15-28-24(18-31)21-9-7-20(8-10-21)19-5-3-2-4-6-19/h7-14,17,19,24,28H,2-6,15-16,18H2,1H3/t24-/m1/s1. The van der Waals surface area contributed by atoms with Gasteiger partial charge in [0.2, 0.25) is 5.95 Å². The Morgan fingerprint density at radius 2 is 1.69 bits per heavy atom. The van der Waals surface area contributed by atoms with Gasteiger partial charge in [0.15, 0.2) is 0 Å². The van der Waals surface area contributed by atoms with Crippen molar-refractivity contribution in [3.63, 3.8) is 0 Å². The molecule has 2 aromatic heterocycles. The average molecular weight is 430 g/mol. The molecule has 1 aliphatic carbocycles. The van der Waals surface area contributed by atoms with E-state index in [2.05, 4.69) is 39.5 Å². The van der Waals surface area contributed by atoms with Gasteiger partial charge in [0.1, 0.15) is 0 Å². The number of hydrogen-bond acceptors (Lipinski definition) is 5. The highest BCUT2D eigenvalue weighted by Crippen LogP contribution is 2.33. The maximum absolute atomic E-state index is 12.7. The Bertz CT molecular complexity index is 1100. The molecule has 6 heteroatoms. The van der Waals surface area contributed by atoms with Crippen LogP contribution in [0.3, 0.4) is 0 Å². The third-order valence-corrected chi connectivity index (χ3v) is 6.96. The predicted octanol–water partition coefficient (Wildman–Crippen LogP) is 4.04. The number of aromatic nitrogens is 3. The number of pyridine rings is 1. The normalized spacial score (nSPS) is 19.8. The summed E-state index contributed by atoms with van der Waals surface area (Å²) in [6.07, 6.45) is 10.2. The summed E-state index contributed by atoms with van der Waals surface area (Å²) in [5, 5.41) is 3.65. The second-order valence-electron chi connectivity index (χ2n) is 9.03. The first kappa shape index (κ1) is 20.9. The van der Waals surface area contributed by atoms with Crippen LogP contribution in [-0.4, -0.2) is 34.2 Å². The van der Waals surface area contributed by atoms with E-state index >= 15 is 0 Å². The maximum atomic E-state index is 12.7. The summed E-state index contributed by atoms with van der Waals surface area (Å²) in [4.78, 5) is 23.8. The van der Waals surface area contributed by atoms with E-state index < -0.39 is 0 Å². The van der Waals surface area contributed by atoms with E-state index in [1.165, 1.54) is 43.2 Å². The van der Waals surface area contributed by atoms with E-state index in [9.17, 15) is 4.79 Å². The molecule has 1 saturated carbocycles. The van der Waals surface area contributed by atoms with Crippen molar-refractivity contribution in [1.29, 1.82) is 0 Å². The first-order valence-corrected chi connectivity index (χ1v) is 11.8. The van der Waals surface area contributed by atoms with Crippen molar-refractivity contribution in [3.8, 4) is 11.3 Å². The second kappa shape index (κ2) is 9.25. The van der Waals surface area contributed by atoms with Gasteiger partial charge >= 0.3 is 0 Å². The Labute approximate surface area is 189 Å². The molecule has 32 heavy (non-hydrogen) atoms. The summed E-state index contributed by atoms with van der Waals surface area (Å²) in [6, 6.07) is 14.8. The van der Waals surface area contributed by atoms with Crippen LogP contribution in [0.25, 0.3) is 11.3 Å². The first-order valence-electron chi connectivity index (χ1n) is 11.8. The van der Waals surface area contributed by atoms with Gasteiger partial charge in [-0.1, -0.05) is 43.5 Å². The number of rotatable bonds is 4. The smallest absolute Gasteiger partial charge is 0.255 e. The van der Waals surface area contributed by atoms with Crippen LogP contribution >= 0.6 is 0 Å². The summed E-state index contributed by atoms with van der Waals surface area (Å²) in [6.45, 7) is 2.45. The van der Waals surface area contributed by atoms with Crippen LogP contribution in [0, 0.1) is 0 Å². The van der Waals surface area contributed by atoms with Crippen LogP contribution in [0.2, 0.25) is 0 Å². The quantitative estimate of drug-likeness (QED) is 0.678. The van der Waals surface area contributed by atoms with Crippen molar-refractivity contribution in [2.24, 2.45) is 7.05 Å². The van der Waals surface area contributed by atoms with E-state index in [1.54, 1.807) is 30.1 Å². The molecule has 0 bridgehead atoms. The molecule has 0 unspecified atom stereocenters. The van der Waals surface area contributed by atoms with Gasteiger partial charge in [-0.25, -0.2) is 4.98 Å². The van der Waals surface area contributed by atoms with E-state index in [0.717, 1.165) is 37.1 Å². The zero-order valence-corrected chi connectivity index (χ0v) is 18.7. The molecular weight excluding hydrogens is 398 g/mol. The van der Waals surface area contributed by atoms with Crippen LogP contribution < -0.4 is 15.8 Å². The zero-order valence-electron chi connectivity index (χ0n) is 18.7. The molecule has 1 aromatic carbocycles. The second-order valence-corrected chi connectivity index (χ2v) is 9.03. The fourth-order valence-corrected chi connectivity index (χ4v) is 5.07. The minimum Gasteiger partial charge on any atom is -0.339 e. The number of anilines is 1. The average Bonchev–Trinajstić information content (AvgIpc) is 2.87. The summed E-state index contributed by atoms with van der Waals surface area (Å²) in [7, 11) is 1.80. The monoisotopic (exact) mass is 429 g/mol. The number of piperazine rings is 1. The van der Waals surface area contributed by atoms with Crippen molar-refractivity contribution in [1.82, 2.24) is 19.9 Å². The lowest BCUT2D eigenvalue weighted by Gasteiger charge is -2.35. The van der Waals surface area contributed by atoms with Gasteiger partial charge < -0.3 is 10.2 Å². The lowest BCUT2D eigenvalue weighted by Crippen LogP contribution is -2.47. The topological polar surface area (TPSA) is 63.1 Å². The van der Waals surface area contributed by atoms with E-state index in [-0.39, 0.29) is 11.6 Å². The fourth-order valence-electron chi connectivity index (χ4n) is 5.07. The molecule has 1 atom stereocenters. The Balaban J connectivity index is 1.37. The minimum absolute atomic E-state index is 0.0475. The molecular formula is C26H31N5O. The van der Waals surface area contributed by atoms with Gasteiger partial charge in [0.25, 0.3) is 5.56 Å². The molecule has 6 nitrogen and oxygen atoms in total. The molecule has 0 radical (unpaired) electrons.